The number of nitro benzene ring substituents is 1. The molecule has 1 aromatic carbocycles. The minimum absolute atomic E-state index is 0.00150. The number of aliphatic carboxylic acids is 1. The van der Waals surface area contributed by atoms with Gasteiger partial charge in [0, 0.05) is 30.4 Å². The van der Waals surface area contributed by atoms with Crippen LogP contribution >= 0.6 is 0 Å². The second-order valence-electron chi connectivity index (χ2n) is 4.71. The van der Waals surface area contributed by atoms with E-state index in [-0.39, 0.29) is 18.2 Å². The van der Waals surface area contributed by atoms with Gasteiger partial charge in [0.2, 0.25) is 0 Å². The first-order valence-corrected chi connectivity index (χ1v) is 6.33. The normalized spacial score (nSPS) is 13.8. The highest BCUT2D eigenvalue weighted by atomic mass is 16.6. The number of rotatable bonds is 7. The number of nitro groups is 1. The lowest BCUT2D eigenvalue weighted by Crippen LogP contribution is -2.28. The van der Waals surface area contributed by atoms with Gasteiger partial charge in [0.25, 0.3) is 5.69 Å². The van der Waals surface area contributed by atoms with Crippen molar-refractivity contribution in [2.45, 2.75) is 25.3 Å². The maximum absolute atomic E-state index is 10.9. The van der Waals surface area contributed by atoms with Gasteiger partial charge in [0.05, 0.1) is 24.5 Å². The van der Waals surface area contributed by atoms with E-state index in [1.807, 2.05) is 4.90 Å². The molecule has 7 heteroatoms. The highest BCUT2D eigenvalue weighted by Crippen LogP contribution is 2.35. The van der Waals surface area contributed by atoms with Gasteiger partial charge in [-0.15, -0.1) is 0 Å². The van der Waals surface area contributed by atoms with Crippen LogP contribution < -0.4 is 9.64 Å². The molecule has 0 saturated heterocycles. The first-order valence-electron chi connectivity index (χ1n) is 6.33. The van der Waals surface area contributed by atoms with E-state index in [9.17, 15) is 14.9 Å². The van der Waals surface area contributed by atoms with Crippen molar-refractivity contribution in [2.75, 3.05) is 18.6 Å². The number of ether oxygens (including phenoxy) is 1. The standard InChI is InChI=1S/C13H16N2O5/c1-20-12-7-10(6-11(8-12)15(18)19)14(9-2-3-9)5-4-13(16)17/h6-9H,2-5H2,1H3,(H,16,17). The molecule has 20 heavy (non-hydrogen) atoms. The van der Waals surface area contributed by atoms with Crippen molar-refractivity contribution < 1.29 is 19.6 Å². The van der Waals surface area contributed by atoms with Crippen LogP contribution in [0.15, 0.2) is 18.2 Å². The van der Waals surface area contributed by atoms with Crippen molar-refractivity contribution in [3.63, 3.8) is 0 Å². The zero-order valence-corrected chi connectivity index (χ0v) is 11.1. The smallest absolute Gasteiger partial charge is 0.305 e. The highest BCUT2D eigenvalue weighted by Gasteiger charge is 2.30. The van der Waals surface area contributed by atoms with E-state index < -0.39 is 10.9 Å². The third-order valence-electron chi connectivity index (χ3n) is 3.21. The van der Waals surface area contributed by atoms with E-state index >= 15 is 0 Å². The Labute approximate surface area is 115 Å². The molecule has 108 valence electrons. The van der Waals surface area contributed by atoms with Crippen molar-refractivity contribution in [1.82, 2.24) is 0 Å². The molecule has 0 unspecified atom stereocenters. The summed E-state index contributed by atoms with van der Waals surface area (Å²) in [5, 5.41) is 19.7. The fraction of sp³-hybridized carbons (Fsp3) is 0.462. The van der Waals surface area contributed by atoms with Crippen LogP contribution in [0, 0.1) is 10.1 Å². The molecule has 7 nitrogen and oxygen atoms in total. The molecule has 0 heterocycles. The molecule has 2 rings (SSSR count). The molecule has 0 aromatic heterocycles. The van der Waals surface area contributed by atoms with Crippen molar-refractivity contribution in [2.24, 2.45) is 0 Å². The van der Waals surface area contributed by atoms with E-state index in [4.69, 9.17) is 9.84 Å². The summed E-state index contributed by atoms with van der Waals surface area (Å²) in [6, 6.07) is 4.78. The van der Waals surface area contributed by atoms with Crippen LogP contribution in [0.3, 0.4) is 0 Å². The van der Waals surface area contributed by atoms with E-state index in [0.29, 0.717) is 18.0 Å². The van der Waals surface area contributed by atoms with Gasteiger partial charge in [-0.2, -0.15) is 0 Å². The molecule has 0 aliphatic heterocycles. The molecule has 0 spiro atoms. The Hall–Kier alpha value is -2.31. The zero-order valence-electron chi connectivity index (χ0n) is 11.1. The molecule has 1 saturated carbocycles. The monoisotopic (exact) mass is 280 g/mol. The number of benzene rings is 1. The summed E-state index contributed by atoms with van der Waals surface area (Å²) in [7, 11) is 1.45. The molecule has 0 atom stereocenters. The Kier molecular flexibility index (Phi) is 4.07. The Morgan fingerprint density at radius 3 is 2.70 bits per heavy atom. The molecule has 1 N–H and O–H groups in total. The molecule has 0 amide bonds. The number of hydrogen-bond acceptors (Lipinski definition) is 5. The molecular formula is C13H16N2O5. The van der Waals surface area contributed by atoms with E-state index in [1.165, 1.54) is 19.2 Å². The maximum atomic E-state index is 10.9. The Bertz CT molecular complexity index is 527. The van der Waals surface area contributed by atoms with Crippen LogP contribution in [0.25, 0.3) is 0 Å². The SMILES string of the molecule is COc1cc(N(CCC(=O)O)C2CC2)cc([N+](=O)[O-])c1. The minimum atomic E-state index is -0.881. The summed E-state index contributed by atoms with van der Waals surface area (Å²) in [4.78, 5) is 23.1. The minimum Gasteiger partial charge on any atom is -0.496 e. The van der Waals surface area contributed by atoms with Crippen LogP contribution in [0.4, 0.5) is 11.4 Å². The molecule has 1 aromatic rings. The van der Waals surface area contributed by atoms with Gasteiger partial charge < -0.3 is 14.7 Å². The molecular weight excluding hydrogens is 264 g/mol. The number of hydrogen-bond donors (Lipinski definition) is 1. The lowest BCUT2D eigenvalue weighted by atomic mass is 10.2. The van der Waals surface area contributed by atoms with Crippen molar-refractivity contribution in [1.29, 1.82) is 0 Å². The quantitative estimate of drug-likeness (QED) is 0.607. The topological polar surface area (TPSA) is 92.9 Å². The number of nitrogens with zero attached hydrogens (tertiary/aromatic N) is 2. The molecule has 0 bridgehead atoms. The largest absolute Gasteiger partial charge is 0.496 e. The summed E-state index contributed by atoms with van der Waals surface area (Å²) >= 11 is 0. The van der Waals surface area contributed by atoms with Gasteiger partial charge in [-0.05, 0) is 12.8 Å². The first kappa shape index (κ1) is 14.1. The summed E-state index contributed by atoms with van der Waals surface area (Å²) in [5.41, 5.74) is 0.583. The number of carboxylic acid groups (broad SMARTS) is 1. The lowest BCUT2D eigenvalue weighted by Gasteiger charge is -2.24. The maximum Gasteiger partial charge on any atom is 0.305 e. The number of non-ortho nitro benzene ring substituents is 1. The molecule has 0 radical (unpaired) electrons. The van der Waals surface area contributed by atoms with Crippen LogP contribution in [-0.4, -0.2) is 35.7 Å². The second kappa shape index (κ2) is 5.77. The molecule has 1 fully saturated rings. The summed E-state index contributed by atoms with van der Waals surface area (Å²) in [5.74, 6) is -0.483. The summed E-state index contributed by atoms with van der Waals surface area (Å²) in [6.07, 6.45) is 1.96. The van der Waals surface area contributed by atoms with Crippen molar-refractivity contribution in [3.05, 3.63) is 28.3 Å². The second-order valence-corrected chi connectivity index (χ2v) is 4.71. The Balaban J connectivity index is 2.29. The third-order valence-corrected chi connectivity index (χ3v) is 3.21. The van der Waals surface area contributed by atoms with Gasteiger partial charge in [-0.1, -0.05) is 0 Å². The molecule has 1 aliphatic carbocycles. The van der Waals surface area contributed by atoms with E-state index in [0.717, 1.165) is 12.8 Å². The number of methoxy groups -OCH3 is 1. The van der Waals surface area contributed by atoms with Gasteiger partial charge in [-0.25, -0.2) is 0 Å². The zero-order chi connectivity index (χ0) is 14.7. The summed E-state index contributed by atoms with van der Waals surface area (Å²) in [6.45, 7) is 0.338. The Morgan fingerprint density at radius 1 is 1.50 bits per heavy atom. The Morgan fingerprint density at radius 2 is 2.20 bits per heavy atom. The van der Waals surface area contributed by atoms with Gasteiger partial charge in [-0.3, -0.25) is 14.9 Å². The van der Waals surface area contributed by atoms with E-state index in [1.54, 1.807) is 6.07 Å². The fourth-order valence-corrected chi connectivity index (χ4v) is 2.08. The van der Waals surface area contributed by atoms with Gasteiger partial charge >= 0.3 is 5.97 Å². The lowest BCUT2D eigenvalue weighted by molar-refractivity contribution is -0.384. The number of carbonyl (C=O) groups is 1. The fourth-order valence-electron chi connectivity index (χ4n) is 2.08. The average molecular weight is 280 g/mol. The van der Waals surface area contributed by atoms with Gasteiger partial charge in [0.1, 0.15) is 5.75 Å². The highest BCUT2D eigenvalue weighted by molar-refractivity contribution is 5.68. The predicted octanol–water partition coefficient (Wildman–Crippen LogP) is 2.05. The van der Waals surface area contributed by atoms with Gasteiger partial charge in [0.15, 0.2) is 0 Å². The van der Waals surface area contributed by atoms with Crippen LogP contribution in [0.1, 0.15) is 19.3 Å². The molecule has 1 aliphatic rings. The summed E-state index contributed by atoms with van der Waals surface area (Å²) < 4.78 is 5.07. The van der Waals surface area contributed by atoms with E-state index in [2.05, 4.69) is 0 Å². The average Bonchev–Trinajstić information content (AvgIpc) is 3.22. The number of carboxylic acids is 1. The van der Waals surface area contributed by atoms with Crippen LogP contribution in [-0.2, 0) is 4.79 Å². The van der Waals surface area contributed by atoms with Crippen LogP contribution in [0.5, 0.6) is 5.75 Å². The number of anilines is 1. The predicted molar refractivity (Wildman–Crippen MR) is 72.3 cm³/mol. The van der Waals surface area contributed by atoms with Crippen molar-refractivity contribution >= 4 is 17.3 Å². The third kappa shape index (κ3) is 3.37. The first-order chi connectivity index (χ1) is 9.51. The van der Waals surface area contributed by atoms with Crippen LogP contribution in [0.2, 0.25) is 0 Å². The van der Waals surface area contributed by atoms with Crippen molar-refractivity contribution in [3.8, 4) is 5.75 Å².